The highest BCUT2D eigenvalue weighted by atomic mass is 32.1. The molecule has 3 aromatic carbocycles. The fourth-order valence-electron chi connectivity index (χ4n) is 6.79. The first-order chi connectivity index (χ1) is 20.5. The molecule has 214 valence electrons. The fourth-order valence-corrected chi connectivity index (χ4v) is 6.95. The van der Waals surface area contributed by atoms with Gasteiger partial charge in [0.1, 0.15) is 17.5 Å². The van der Waals surface area contributed by atoms with Crippen LogP contribution in [0.5, 0.6) is 0 Å². The lowest BCUT2D eigenvalue weighted by Crippen LogP contribution is -2.43. The molecule has 0 bridgehead atoms. The van der Waals surface area contributed by atoms with Gasteiger partial charge in [-0.25, -0.2) is 4.39 Å². The molecule has 0 radical (unpaired) electrons. The number of thiocarbonyl (C=S) groups is 1. The van der Waals surface area contributed by atoms with E-state index in [0.29, 0.717) is 17.6 Å². The molecular weight excluding hydrogens is 543 g/mol. The highest BCUT2D eigenvalue weighted by Crippen LogP contribution is 2.39. The Morgan fingerprint density at radius 1 is 0.738 bits per heavy atom. The highest BCUT2D eigenvalue weighted by molar-refractivity contribution is 7.80. The van der Waals surface area contributed by atoms with Gasteiger partial charge < -0.3 is 20.4 Å². The van der Waals surface area contributed by atoms with Crippen molar-refractivity contribution in [3.8, 4) is 0 Å². The third kappa shape index (κ3) is 5.43. The van der Waals surface area contributed by atoms with Crippen molar-refractivity contribution in [3.05, 3.63) is 112 Å². The maximum absolute atomic E-state index is 13.7. The van der Waals surface area contributed by atoms with E-state index in [0.717, 1.165) is 63.5 Å². The van der Waals surface area contributed by atoms with E-state index in [1.807, 2.05) is 12.1 Å². The molecule has 4 aromatic rings. The second-order valence-electron chi connectivity index (χ2n) is 11.8. The number of aromatic nitrogens is 2. The number of halogens is 1. The van der Waals surface area contributed by atoms with Gasteiger partial charge in [-0.15, -0.1) is 0 Å². The van der Waals surface area contributed by atoms with Crippen molar-refractivity contribution in [2.45, 2.75) is 63.7 Å². The number of rotatable bonds is 6. The molecule has 7 rings (SSSR count). The van der Waals surface area contributed by atoms with Crippen LogP contribution in [0.1, 0.15) is 59.9 Å². The number of benzene rings is 3. The van der Waals surface area contributed by atoms with Crippen molar-refractivity contribution in [2.75, 3.05) is 21.7 Å². The van der Waals surface area contributed by atoms with Crippen LogP contribution < -0.4 is 20.4 Å². The maximum atomic E-state index is 13.7. The lowest BCUT2D eigenvalue weighted by molar-refractivity contribution is 0.292. The van der Waals surface area contributed by atoms with E-state index in [-0.39, 0.29) is 11.2 Å². The summed E-state index contributed by atoms with van der Waals surface area (Å²) in [5, 5.41) is 7.29. The van der Waals surface area contributed by atoms with Crippen LogP contribution in [0.2, 0.25) is 0 Å². The SMILES string of the molecule is Fc1ccc(C2(CNC(=S)Nc3nc(N4Cc5ccccc5C4)cc(N4Cc5ccccc5C4)n3)CCCCC2)cc1. The number of fused-ring (bicyclic) bond motifs is 2. The predicted octanol–water partition coefficient (Wildman–Crippen LogP) is 6.84. The molecule has 0 unspecified atom stereocenters. The third-order valence-electron chi connectivity index (χ3n) is 9.11. The van der Waals surface area contributed by atoms with E-state index in [9.17, 15) is 4.39 Å². The molecule has 1 saturated carbocycles. The summed E-state index contributed by atoms with van der Waals surface area (Å²) in [4.78, 5) is 14.5. The zero-order valence-electron chi connectivity index (χ0n) is 23.7. The van der Waals surface area contributed by atoms with Gasteiger partial charge in [0, 0.05) is 44.2 Å². The van der Waals surface area contributed by atoms with Gasteiger partial charge in [-0.1, -0.05) is 79.9 Å². The molecule has 3 heterocycles. The smallest absolute Gasteiger partial charge is 0.232 e. The summed E-state index contributed by atoms with van der Waals surface area (Å²) < 4.78 is 13.7. The molecule has 2 N–H and O–H groups in total. The van der Waals surface area contributed by atoms with E-state index >= 15 is 0 Å². The highest BCUT2D eigenvalue weighted by Gasteiger charge is 2.34. The summed E-state index contributed by atoms with van der Waals surface area (Å²) in [6.07, 6.45) is 5.65. The average molecular weight is 579 g/mol. The zero-order chi connectivity index (χ0) is 28.5. The van der Waals surface area contributed by atoms with E-state index < -0.39 is 0 Å². The Labute approximate surface area is 252 Å². The van der Waals surface area contributed by atoms with Gasteiger partial charge in [0.25, 0.3) is 0 Å². The minimum absolute atomic E-state index is 0.0752. The molecule has 1 fully saturated rings. The molecule has 42 heavy (non-hydrogen) atoms. The quantitative estimate of drug-likeness (QED) is 0.243. The van der Waals surface area contributed by atoms with Crippen LogP contribution in [0.3, 0.4) is 0 Å². The van der Waals surface area contributed by atoms with Crippen molar-refractivity contribution in [3.63, 3.8) is 0 Å². The molecular formula is C34H35FN6S. The third-order valence-corrected chi connectivity index (χ3v) is 9.36. The average Bonchev–Trinajstić information content (AvgIpc) is 3.66. The molecule has 3 aliphatic rings. The summed E-state index contributed by atoms with van der Waals surface area (Å²) in [5.74, 6) is 2.05. The fraction of sp³-hybridized carbons (Fsp3) is 0.324. The van der Waals surface area contributed by atoms with Crippen LogP contribution in [0.15, 0.2) is 78.9 Å². The normalized spacial score (nSPS) is 17.1. The Kier molecular flexibility index (Phi) is 7.24. The van der Waals surface area contributed by atoms with Crippen LogP contribution in [0.25, 0.3) is 0 Å². The van der Waals surface area contributed by atoms with Gasteiger partial charge in [-0.3, -0.25) is 0 Å². The topological polar surface area (TPSA) is 56.3 Å². The molecule has 0 saturated heterocycles. The van der Waals surface area contributed by atoms with Crippen molar-refractivity contribution in [1.82, 2.24) is 15.3 Å². The minimum atomic E-state index is -0.204. The van der Waals surface area contributed by atoms with Gasteiger partial charge in [-0.05, 0) is 65.0 Å². The monoisotopic (exact) mass is 578 g/mol. The van der Waals surface area contributed by atoms with E-state index in [1.165, 1.54) is 34.2 Å². The van der Waals surface area contributed by atoms with Crippen LogP contribution in [0, 0.1) is 5.82 Å². The second kappa shape index (κ2) is 11.3. The standard InChI is InChI=1S/C34H35FN6S/c35-29-14-12-28(13-15-29)34(16-6-1-7-17-34)23-36-33(42)39-32-37-30(40-19-24-8-2-3-9-25(24)20-40)18-31(38-32)41-21-26-10-4-5-11-27(26)22-41/h2-5,8-15,18H,1,6-7,16-17,19-23H2,(H2,36,37,38,39,42). The number of nitrogens with one attached hydrogen (secondary N) is 2. The Morgan fingerprint density at radius 3 is 1.74 bits per heavy atom. The number of anilines is 3. The summed E-state index contributed by atoms with van der Waals surface area (Å²) in [5.41, 5.74) is 6.41. The van der Waals surface area contributed by atoms with Crippen LogP contribution in [0.4, 0.5) is 22.0 Å². The van der Waals surface area contributed by atoms with Gasteiger partial charge in [-0.2, -0.15) is 9.97 Å². The number of hydrogen-bond acceptors (Lipinski definition) is 5. The van der Waals surface area contributed by atoms with Crippen molar-refractivity contribution in [1.29, 1.82) is 0 Å². The van der Waals surface area contributed by atoms with E-state index in [1.54, 1.807) is 12.1 Å². The maximum Gasteiger partial charge on any atom is 0.232 e. The molecule has 1 aromatic heterocycles. The minimum Gasteiger partial charge on any atom is -0.361 e. The van der Waals surface area contributed by atoms with Crippen molar-refractivity contribution < 1.29 is 4.39 Å². The van der Waals surface area contributed by atoms with E-state index in [2.05, 4.69) is 75.0 Å². The summed E-state index contributed by atoms with van der Waals surface area (Å²) in [6, 6.07) is 26.2. The largest absolute Gasteiger partial charge is 0.361 e. The van der Waals surface area contributed by atoms with Gasteiger partial charge in [0.05, 0.1) is 0 Å². The second-order valence-corrected chi connectivity index (χ2v) is 12.2. The Balaban J connectivity index is 1.12. The number of nitrogens with zero attached hydrogens (tertiary/aromatic N) is 4. The molecule has 0 amide bonds. The Hall–Kier alpha value is -4.04. The molecule has 2 aliphatic heterocycles. The predicted molar refractivity (Wildman–Crippen MR) is 170 cm³/mol. The van der Waals surface area contributed by atoms with Crippen LogP contribution >= 0.6 is 12.2 Å². The molecule has 0 spiro atoms. The lowest BCUT2D eigenvalue weighted by atomic mass is 9.69. The number of hydrogen-bond donors (Lipinski definition) is 2. The zero-order valence-corrected chi connectivity index (χ0v) is 24.5. The first kappa shape index (κ1) is 26.8. The molecule has 8 heteroatoms. The Morgan fingerprint density at radius 2 is 1.24 bits per heavy atom. The Bertz CT molecular complexity index is 1480. The van der Waals surface area contributed by atoms with Gasteiger partial charge in [0.2, 0.25) is 5.95 Å². The van der Waals surface area contributed by atoms with Gasteiger partial charge >= 0.3 is 0 Å². The van der Waals surface area contributed by atoms with Crippen LogP contribution in [-0.2, 0) is 31.6 Å². The lowest BCUT2D eigenvalue weighted by Gasteiger charge is -2.38. The van der Waals surface area contributed by atoms with Crippen LogP contribution in [-0.4, -0.2) is 21.6 Å². The first-order valence-electron chi connectivity index (χ1n) is 14.9. The van der Waals surface area contributed by atoms with Gasteiger partial charge in [0.15, 0.2) is 5.11 Å². The molecule has 6 nitrogen and oxygen atoms in total. The van der Waals surface area contributed by atoms with E-state index in [4.69, 9.17) is 22.2 Å². The van der Waals surface area contributed by atoms with Crippen molar-refractivity contribution in [2.24, 2.45) is 0 Å². The van der Waals surface area contributed by atoms with Crippen molar-refractivity contribution >= 4 is 34.9 Å². The first-order valence-corrected chi connectivity index (χ1v) is 15.3. The summed E-state index contributed by atoms with van der Waals surface area (Å²) in [6.45, 7) is 3.94. The summed E-state index contributed by atoms with van der Waals surface area (Å²) >= 11 is 5.81. The molecule has 0 atom stereocenters. The molecule has 1 aliphatic carbocycles. The summed E-state index contributed by atoms with van der Waals surface area (Å²) in [7, 11) is 0.